The molecule has 0 spiro atoms. The van der Waals surface area contributed by atoms with Crippen LogP contribution in [0.2, 0.25) is 0 Å². The molecule has 2 nitrogen and oxygen atoms in total. The first-order chi connectivity index (χ1) is 10.3. The van der Waals surface area contributed by atoms with Crippen LogP contribution in [0.3, 0.4) is 0 Å². The molecule has 0 N–H and O–H groups in total. The van der Waals surface area contributed by atoms with Crippen molar-refractivity contribution >= 4 is 5.97 Å². The van der Waals surface area contributed by atoms with Gasteiger partial charge in [0.2, 0.25) is 0 Å². The molecule has 21 heavy (non-hydrogen) atoms. The van der Waals surface area contributed by atoms with Crippen LogP contribution in [0.15, 0.2) is 11.6 Å². The van der Waals surface area contributed by atoms with E-state index in [1.54, 1.807) is 0 Å². The fourth-order valence-corrected chi connectivity index (χ4v) is 4.21. The van der Waals surface area contributed by atoms with Crippen molar-refractivity contribution in [2.75, 3.05) is 6.61 Å². The predicted octanol–water partition coefficient (Wildman–Crippen LogP) is 5.27. The second-order valence-electron chi connectivity index (χ2n) is 6.80. The quantitative estimate of drug-likeness (QED) is 0.492. The van der Waals surface area contributed by atoms with Crippen molar-refractivity contribution in [3.8, 4) is 0 Å². The van der Waals surface area contributed by atoms with Gasteiger partial charge in [0.25, 0.3) is 0 Å². The third-order valence-corrected chi connectivity index (χ3v) is 5.40. The van der Waals surface area contributed by atoms with Gasteiger partial charge in [-0.15, -0.1) is 0 Å². The van der Waals surface area contributed by atoms with Gasteiger partial charge >= 0.3 is 5.97 Å². The lowest BCUT2D eigenvalue weighted by molar-refractivity contribution is -0.147. The van der Waals surface area contributed by atoms with Crippen molar-refractivity contribution in [2.45, 2.75) is 78.1 Å². The fourth-order valence-electron chi connectivity index (χ4n) is 4.21. The third kappa shape index (κ3) is 4.59. The first-order valence-electron chi connectivity index (χ1n) is 9.11. The van der Waals surface area contributed by atoms with E-state index in [2.05, 4.69) is 13.0 Å². The minimum absolute atomic E-state index is 0.00159. The van der Waals surface area contributed by atoms with Gasteiger partial charge in [0.05, 0.1) is 12.5 Å². The van der Waals surface area contributed by atoms with Crippen LogP contribution in [0.5, 0.6) is 0 Å². The van der Waals surface area contributed by atoms with E-state index in [4.69, 9.17) is 4.74 Å². The van der Waals surface area contributed by atoms with Crippen LogP contribution < -0.4 is 0 Å². The van der Waals surface area contributed by atoms with Crippen LogP contribution >= 0.6 is 0 Å². The second kappa shape index (κ2) is 8.60. The SMILES string of the molecule is CCC[C@H](C(=O)OCC)C1=CC[C@@H](C2CCCCC2)CC1. The summed E-state index contributed by atoms with van der Waals surface area (Å²) >= 11 is 0. The topological polar surface area (TPSA) is 26.3 Å². The molecule has 120 valence electrons. The Morgan fingerprint density at radius 3 is 2.52 bits per heavy atom. The Morgan fingerprint density at radius 1 is 1.19 bits per heavy atom. The van der Waals surface area contributed by atoms with Gasteiger partial charge in [0.1, 0.15) is 0 Å². The second-order valence-corrected chi connectivity index (χ2v) is 6.80. The van der Waals surface area contributed by atoms with Gasteiger partial charge in [0, 0.05) is 0 Å². The number of carbonyl (C=O) groups is 1. The molecule has 0 aromatic heterocycles. The van der Waals surface area contributed by atoms with Crippen LogP contribution in [0.4, 0.5) is 0 Å². The number of allylic oxidation sites excluding steroid dienone is 1. The van der Waals surface area contributed by atoms with Crippen LogP contribution in [0.1, 0.15) is 78.1 Å². The highest BCUT2D eigenvalue weighted by Gasteiger charge is 2.29. The lowest BCUT2D eigenvalue weighted by atomic mass is 9.72. The molecule has 2 rings (SSSR count). The van der Waals surface area contributed by atoms with Gasteiger partial charge in [0.15, 0.2) is 0 Å². The lowest BCUT2D eigenvalue weighted by Gasteiger charge is -2.33. The van der Waals surface area contributed by atoms with E-state index in [0.717, 1.165) is 31.1 Å². The molecular weight excluding hydrogens is 260 g/mol. The number of hydrogen-bond donors (Lipinski definition) is 0. The molecule has 0 saturated heterocycles. The zero-order chi connectivity index (χ0) is 15.1. The molecule has 0 aromatic rings. The Hall–Kier alpha value is -0.790. The molecule has 0 heterocycles. The summed E-state index contributed by atoms with van der Waals surface area (Å²) in [6, 6.07) is 0. The standard InChI is InChI=1S/C19H32O2/c1-3-8-18(19(20)21-4-2)17-13-11-16(12-14-17)15-9-6-5-7-10-15/h13,15-16,18H,3-12,14H2,1-2H3/t16-,18+/m1/s1. The van der Waals surface area contributed by atoms with E-state index in [1.165, 1.54) is 50.5 Å². The molecule has 2 aliphatic rings. The molecular formula is C19H32O2. The van der Waals surface area contributed by atoms with Gasteiger partial charge in [-0.1, -0.05) is 57.1 Å². The maximum atomic E-state index is 12.2. The van der Waals surface area contributed by atoms with Gasteiger partial charge < -0.3 is 4.74 Å². The van der Waals surface area contributed by atoms with E-state index in [1.807, 2.05) is 6.92 Å². The van der Waals surface area contributed by atoms with Crippen molar-refractivity contribution in [1.82, 2.24) is 0 Å². The van der Waals surface area contributed by atoms with Crippen LogP contribution in [0.25, 0.3) is 0 Å². The number of hydrogen-bond acceptors (Lipinski definition) is 2. The summed E-state index contributed by atoms with van der Waals surface area (Å²) in [4.78, 5) is 12.2. The van der Waals surface area contributed by atoms with Gasteiger partial charge in [-0.3, -0.25) is 4.79 Å². The van der Waals surface area contributed by atoms with Crippen LogP contribution in [-0.2, 0) is 9.53 Å². The smallest absolute Gasteiger partial charge is 0.313 e. The van der Waals surface area contributed by atoms with E-state index in [9.17, 15) is 4.79 Å². The molecule has 2 atom stereocenters. The van der Waals surface area contributed by atoms with Gasteiger partial charge in [-0.2, -0.15) is 0 Å². The maximum absolute atomic E-state index is 12.2. The number of carbonyl (C=O) groups excluding carboxylic acids is 1. The van der Waals surface area contributed by atoms with E-state index >= 15 is 0 Å². The summed E-state index contributed by atoms with van der Waals surface area (Å²) in [6.45, 7) is 4.55. The predicted molar refractivity (Wildman–Crippen MR) is 87.0 cm³/mol. The lowest BCUT2D eigenvalue weighted by Crippen LogP contribution is -2.25. The monoisotopic (exact) mass is 292 g/mol. The van der Waals surface area contributed by atoms with Crippen molar-refractivity contribution in [3.63, 3.8) is 0 Å². The molecule has 0 aliphatic heterocycles. The zero-order valence-corrected chi connectivity index (χ0v) is 13.9. The molecule has 1 saturated carbocycles. The summed E-state index contributed by atoms with van der Waals surface area (Å²) in [7, 11) is 0. The van der Waals surface area contributed by atoms with E-state index in [0.29, 0.717) is 6.61 Å². The summed E-state index contributed by atoms with van der Waals surface area (Å²) < 4.78 is 5.27. The Bertz CT molecular complexity index is 353. The zero-order valence-electron chi connectivity index (χ0n) is 13.9. The molecule has 0 unspecified atom stereocenters. The highest BCUT2D eigenvalue weighted by molar-refractivity contribution is 5.75. The highest BCUT2D eigenvalue weighted by atomic mass is 16.5. The average molecular weight is 292 g/mol. The Labute approximate surface area is 130 Å². The van der Waals surface area contributed by atoms with Gasteiger partial charge in [-0.25, -0.2) is 0 Å². The van der Waals surface area contributed by atoms with Crippen molar-refractivity contribution in [3.05, 3.63) is 11.6 Å². The maximum Gasteiger partial charge on any atom is 0.313 e. The largest absolute Gasteiger partial charge is 0.466 e. The molecule has 2 heteroatoms. The molecule has 0 amide bonds. The Kier molecular flexibility index (Phi) is 6.79. The summed E-state index contributed by atoms with van der Waals surface area (Å²) in [5, 5.41) is 0. The molecule has 0 radical (unpaired) electrons. The number of ether oxygens (including phenoxy) is 1. The van der Waals surface area contributed by atoms with Crippen molar-refractivity contribution < 1.29 is 9.53 Å². The number of esters is 1. The summed E-state index contributed by atoms with van der Waals surface area (Å²) in [6.07, 6.45) is 15.1. The van der Waals surface area contributed by atoms with Crippen molar-refractivity contribution in [2.24, 2.45) is 17.8 Å². The highest BCUT2D eigenvalue weighted by Crippen LogP contribution is 2.39. The molecule has 0 aromatic carbocycles. The summed E-state index contributed by atoms with van der Waals surface area (Å²) in [5.41, 5.74) is 1.36. The molecule has 2 aliphatic carbocycles. The Balaban J connectivity index is 1.93. The first kappa shape index (κ1) is 16.6. The minimum atomic E-state index is 0.00159. The third-order valence-electron chi connectivity index (χ3n) is 5.40. The fraction of sp³-hybridized carbons (Fsp3) is 0.842. The normalized spacial score (nSPS) is 25.2. The minimum Gasteiger partial charge on any atom is -0.466 e. The summed E-state index contributed by atoms with van der Waals surface area (Å²) in [5.74, 6) is 1.85. The first-order valence-corrected chi connectivity index (χ1v) is 9.11. The van der Waals surface area contributed by atoms with E-state index < -0.39 is 0 Å². The average Bonchev–Trinajstić information content (AvgIpc) is 2.54. The van der Waals surface area contributed by atoms with Crippen LogP contribution in [-0.4, -0.2) is 12.6 Å². The Morgan fingerprint density at radius 2 is 1.95 bits per heavy atom. The van der Waals surface area contributed by atoms with Crippen LogP contribution in [0, 0.1) is 17.8 Å². The van der Waals surface area contributed by atoms with Gasteiger partial charge in [-0.05, 0) is 44.4 Å². The van der Waals surface area contributed by atoms with E-state index in [-0.39, 0.29) is 11.9 Å². The molecule has 0 bridgehead atoms. The van der Waals surface area contributed by atoms with Crippen molar-refractivity contribution in [1.29, 1.82) is 0 Å². The number of rotatable bonds is 6. The molecule has 1 fully saturated rings.